The zero-order chi connectivity index (χ0) is 32.3. The average Bonchev–Trinajstić information content (AvgIpc) is 3.50. The van der Waals surface area contributed by atoms with Gasteiger partial charge in [-0.2, -0.15) is 0 Å². The monoisotopic (exact) mass is 624 g/mol. The van der Waals surface area contributed by atoms with Gasteiger partial charge >= 0.3 is 0 Å². The van der Waals surface area contributed by atoms with Crippen molar-refractivity contribution in [3.8, 4) is 39.5 Å². The van der Waals surface area contributed by atoms with Crippen LogP contribution in [0.15, 0.2) is 170 Å². The molecule has 0 saturated heterocycles. The molecule has 0 bridgehead atoms. The van der Waals surface area contributed by atoms with Gasteiger partial charge in [0, 0.05) is 44.6 Å². The smallest absolute Gasteiger partial charge is 0.163 e. The van der Waals surface area contributed by atoms with Gasteiger partial charge in [0.05, 0.1) is 16.7 Å². The molecular formula is C45H28N4. The van der Waals surface area contributed by atoms with Crippen LogP contribution in [0.25, 0.3) is 93.8 Å². The van der Waals surface area contributed by atoms with Crippen molar-refractivity contribution >= 4 is 54.4 Å². The third kappa shape index (κ3) is 4.49. The number of fused-ring (bicyclic) bond motifs is 7. The minimum absolute atomic E-state index is 0.662. The van der Waals surface area contributed by atoms with E-state index < -0.39 is 0 Å². The van der Waals surface area contributed by atoms with Crippen LogP contribution in [0, 0.1) is 0 Å². The van der Waals surface area contributed by atoms with Gasteiger partial charge in [-0.1, -0.05) is 121 Å². The van der Waals surface area contributed by atoms with Gasteiger partial charge in [-0.15, -0.1) is 0 Å². The zero-order valence-corrected chi connectivity index (χ0v) is 26.5. The Hall–Kier alpha value is -6.65. The fourth-order valence-electron chi connectivity index (χ4n) is 7.28. The molecule has 0 radical (unpaired) electrons. The molecule has 10 rings (SSSR count). The second kappa shape index (κ2) is 11.0. The van der Waals surface area contributed by atoms with Crippen LogP contribution in [0.5, 0.6) is 0 Å². The van der Waals surface area contributed by atoms with E-state index in [2.05, 4.69) is 137 Å². The molecule has 4 heteroatoms. The van der Waals surface area contributed by atoms with Gasteiger partial charge in [0.25, 0.3) is 0 Å². The van der Waals surface area contributed by atoms with Crippen molar-refractivity contribution in [2.45, 2.75) is 0 Å². The van der Waals surface area contributed by atoms with Crippen LogP contribution in [0.1, 0.15) is 0 Å². The largest absolute Gasteiger partial charge is 0.309 e. The number of aromatic nitrogens is 4. The molecule has 228 valence electrons. The summed E-state index contributed by atoms with van der Waals surface area (Å²) >= 11 is 0. The van der Waals surface area contributed by atoms with Crippen molar-refractivity contribution in [2.75, 3.05) is 0 Å². The molecule has 0 amide bonds. The third-order valence-electron chi connectivity index (χ3n) is 9.60. The van der Waals surface area contributed by atoms with Crippen LogP contribution in [0.3, 0.4) is 0 Å². The van der Waals surface area contributed by atoms with E-state index >= 15 is 0 Å². The van der Waals surface area contributed by atoms with Crippen molar-refractivity contribution < 1.29 is 0 Å². The molecule has 0 aliphatic carbocycles. The van der Waals surface area contributed by atoms with Crippen LogP contribution in [0.2, 0.25) is 0 Å². The van der Waals surface area contributed by atoms with Crippen LogP contribution in [-0.2, 0) is 0 Å². The minimum atomic E-state index is 0.662. The summed E-state index contributed by atoms with van der Waals surface area (Å²) in [6, 6.07) is 58.2. The highest BCUT2D eigenvalue weighted by molar-refractivity contribution is 6.21. The summed E-state index contributed by atoms with van der Waals surface area (Å²) in [6.45, 7) is 0. The summed E-state index contributed by atoms with van der Waals surface area (Å²) in [5.74, 6) is 0.662. The third-order valence-corrected chi connectivity index (χ3v) is 9.60. The lowest BCUT2D eigenvalue weighted by atomic mass is 9.99. The van der Waals surface area contributed by atoms with E-state index in [1.165, 1.54) is 54.5 Å². The van der Waals surface area contributed by atoms with Crippen molar-refractivity contribution in [1.82, 2.24) is 19.5 Å². The van der Waals surface area contributed by atoms with Crippen LogP contribution < -0.4 is 0 Å². The number of pyridine rings is 1. The van der Waals surface area contributed by atoms with Crippen molar-refractivity contribution in [3.05, 3.63) is 170 Å². The van der Waals surface area contributed by atoms with Gasteiger partial charge in [-0.25, -0.2) is 15.0 Å². The zero-order valence-electron chi connectivity index (χ0n) is 26.5. The first kappa shape index (κ1) is 27.5. The highest BCUT2D eigenvalue weighted by atomic mass is 15.0. The van der Waals surface area contributed by atoms with Crippen LogP contribution >= 0.6 is 0 Å². The predicted octanol–water partition coefficient (Wildman–Crippen LogP) is 11.4. The van der Waals surface area contributed by atoms with Gasteiger partial charge in [0.1, 0.15) is 0 Å². The van der Waals surface area contributed by atoms with E-state index in [1.54, 1.807) is 6.20 Å². The summed E-state index contributed by atoms with van der Waals surface area (Å²) in [6.07, 6.45) is 1.79. The van der Waals surface area contributed by atoms with E-state index in [1.807, 2.05) is 36.4 Å². The van der Waals surface area contributed by atoms with Crippen LogP contribution in [0.4, 0.5) is 0 Å². The topological polar surface area (TPSA) is 43.6 Å². The molecule has 0 atom stereocenters. The molecule has 0 fully saturated rings. The molecule has 10 aromatic rings. The Morgan fingerprint density at radius 2 is 1.14 bits per heavy atom. The molecule has 0 saturated carbocycles. The first-order valence-corrected chi connectivity index (χ1v) is 16.5. The summed E-state index contributed by atoms with van der Waals surface area (Å²) in [4.78, 5) is 14.7. The van der Waals surface area contributed by atoms with E-state index in [9.17, 15) is 0 Å². The Kier molecular flexibility index (Phi) is 6.15. The Morgan fingerprint density at radius 1 is 0.408 bits per heavy atom. The second-order valence-electron chi connectivity index (χ2n) is 12.5. The molecular weight excluding hydrogens is 597 g/mol. The predicted molar refractivity (Wildman–Crippen MR) is 203 cm³/mol. The highest BCUT2D eigenvalue weighted by Gasteiger charge is 2.18. The van der Waals surface area contributed by atoms with Gasteiger partial charge in [-0.3, -0.25) is 0 Å². The summed E-state index contributed by atoms with van der Waals surface area (Å²) in [7, 11) is 0. The molecule has 3 aromatic heterocycles. The van der Waals surface area contributed by atoms with Crippen LogP contribution in [-0.4, -0.2) is 19.5 Å². The second-order valence-corrected chi connectivity index (χ2v) is 12.5. The van der Waals surface area contributed by atoms with E-state index in [-0.39, 0.29) is 0 Å². The van der Waals surface area contributed by atoms with Crippen molar-refractivity contribution in [3.63, 3.8) is 0 Å². The van der Waals surface area contributed by atoms with Gasteiger partial charge in [-0.05, 0) is 69.8 Å². The Morgan fingerprint density at radius 3 is 1.98 bits per heavy atom. The number of hydrogen-bond donors (Lipinski definition) is 0. The molecule has 0 aliphatic rings. The maximum atomic E-state index is 5.16. The first-order valence-electron chi connectivity index (χ1n) is 16.5. The minimum Gasteiger partial charge on any atom is -0.309 e. The summed E-state index contributed by atoms with van der Waals surface area (Å²) in [5.41, 5.74) is 9.35. The lowest BCUT2D eigenvalue weighted by Crippen LogP contribution is -1.98. The van der Waals surface area contributed by atoms with Crippen molar-refractivity contribution in [2.24, 2.45) is 0 Å². The first-order chi connectivity index (χ1) is 24.3. The summed E-state index contributed by atoms with van der Waals surface area (Å²) < 4.78 is 2.44. The number of hydrogen-bond acceptors (Lipinski definition) is 3. The Balaban J connectivity index is 1.28. The molecule has 7 aromatic carbocycles. The fourth-order valence-corrected chi connectivity index (χ4v) is 7.28. The molecule has 0 N–H and O–H groups in total. The number of rotatable bonds is 4. The van der Waals surface area contributed by atoms with Crippen molar-refractivity contribution in [1.29, 1.82) is 0 Å². The number of benzene rings is 7. The molecule has 0 aliphatic heterocycles. The Labute approximate surface area is 282 Å². The Bertz CT molecular complexity index is 2870. The highest BCUT2D eigenvalue weighted by Crippen LogP contribution is 2.40. The van der Waals surface area contributed by atoms with Gasteiger partial charge in [0.2, 0.25) is 0 Å². The molecule has 0 spiro atoms. The van der Waals surface area contributed by atoms with E-state index in [0.29, 0.717) is 11.5 Å². The molecule has 3 heterocycles. The maximum Gasteiger partial charge on any atom is 0.163 e. The molecule has 49 heavy (non-hydrogen) atoms. The van der Waals surface area contributed by atoms with E-state index in [0.717, 1.165) is 27.9 Å². The standard InChI is InChI=1S/C45H28N4/c1-3-11-29(12-4-1)34-21-20-30-22-23-37-40-27-32-15-7-8-16-33(32)28-41(40)49(43(37)39(30)26-34)36-18-9-17-35(25-36)42-38-19-10-24-46-45(38)48-44(47-42)31-13-5-2-6-14-31/h1-28H. The average molecular weight is 625 g/mol. The lowest BCUT2D eigenvalue weighted by Gasteiger charge is -2.14. The summed E-state index contributed by atoms with van der Waals surface area (Å²) in [5, 5.41) is 8.25. The quantitative estimate of drug-likeness (QED) is 0.196. The molecule has 0 unspecified atom stereocenters. The SMILES string of the molecule is c1ccc(-c2ccc3ccc4c5cc6ccccc6cc5n(-c5cccc(-c6nc(-c7ccccc7)nc7ncccc67)c5)c4c3c2)cc1. The van der Waals surface area contributed by atoms with Gasteiger partial charge in [0.15, 0.2) is 11.5 Å². The molecule has 4 nitrogen and oxygen atoms in total. The lowest BCUT2D eigenvalue weighted by molar-refractivity contribution is 1.17. The number of nitrogens with zero attached hydrogens (tertiary/aromatic N) is 4. The van der Waals surface area contributed by atoms with E-state index in [4.69, 9.17) is 9.97 Å². The maximum absolute atomic E-state index is 5.16. The normalized spacial score (nSPS) is 11.7. The fraction of sp³-hybridized carbons (Fsp3) is 0. The van der Waals surface area contributed by atoms with Gasteiger partial charge < -0.3 is 4.57 Å².